The van der Waals surface area contributed by atoms with Crippen LogP contribution in [0.5, 0.6) is 0 Å². The molecule has 2 rings (SSSR count). The molecule has 0 aliphatic rings. The number of carbonyl (C=O) groups excluding carboxylic acids is 1. The summed E-state index contributed by atoms with van der Waals surface area (Å²) in [5.41, 5.74) is 1.15. The second kappa shape index (κ2) is 3.90. The average Bonchev–Trinajstić information content (AvgIpc) is 2.69. The second-order valence-corrected chi connectivity index (χ2v) is 3.23. The fraction of sp³-hybridized carbons (Fsp3) is 0.222. The molecule has 0 amide bonds. The van der Waals surface area contributed by atoms with Gasteiger partial charge in [-0.2, -0.15) is 12.6 Å². The first kappa shape index (κ1) is 9.97. The highest BCUT2D eigenvalue weighted by molar-refractivity contribution is 7.79. The number of esters is 1. The summed E-state index contributed by atoms with van der Waals surface area (Å²) in [5.74, 6) is 0.779. The first-order chi connectivity index (χ1) is 7.26. The van der Waals surface area contributed by atoms with Gasteiger partial charge < -0.3 is 4.74 Å². The van der Waals surface area contributed by atoms with Crippen molar-refractivity contribution >= 4 is 24.2 Å². The number of rotatable bonds is 2. The number of fused-ring (bicyclic) bond motifs is 1. The third-order valence-corrected chi connectivity index (χ3v) is 2.32. The second-order valence-electron chi connectivity index (χ2n) is 2.91. The molecule has 0 unspecified atom stereocenters. The Kier molecular flexibility index (Phi) is 2.59. The van der Waals surface area contributed by atoms with Crippen molar-refractivity contribution < 1.29 is 9.53 Å². The predicted molar refractivity (Wildman–Crippen MR) is 57.0 cm³/mol. The molecule has 0 aromatic carbocycles. The van der Waals surface area contributed by atoms with E-state index < -0.39 is 0 Å². The van der Waals surface area contributed by atoms with E-state index in [9.17, 15) is 4.79 Å². The molecule has 5 nitrogen and oxygen atoms in total. The van der Waals surface area contributed by atoms with Crippen molar-refractivity contribution in [3.8, 4) is 0 Å². The minimum Gasteiger partial charge on any atom is -0.465 e. The van der Waals surface area contributed by atoms with E-state index in [0.717, 1.165) is 0 Å². The van der Waals surface area contributed by atoms with Gasteiger partial charge in [-0.1, -0.05) is 0 Å². The molecule has 0 spiro atoms. The zero-order chi connectivity index (χ0) is 10.8. The van der Waals surface area contributed by atoms with E-state index in [2.05, 4.69) is 27.6 Å². The van der Waals surface area contributed by atoms with Crippen molar-refractivity contribution in [3.63, 3.8) is 0 Å². The van der Waals surface area contributed by atoms with E-state index in [1.165, 1.54) is 7.11 Å². The van der Waals surface area contributed by atoms with E-state index in [0.29, 0.717) is 22.8 Å². The van der Waals surface area contributed by atoms with E-state index >= 15 is 0 Å². The van der Waals surface area contributed by atoms with Crippen LogP contribution >= 0.6 is 12.6 Å². The molecule has 0 radical (unpaired) electrons. The first-order valence-electron chi connectivity index (χ1n) is 4.29. The van der Waals surface area contributed by atoms with Crippen LogP contribution in [0.1, 0.15) is 16.2 Å². The Bertz CT molecular complexity index is 509. The number of hydrogen-bond acceptors (Lipinski definition) is 5. The normalized spacial score (nSPS) is 10.5. The Balaban J connectivity index is 2.57. The molecule has 0 N–H and O–H groups in total. The molecular formula is C9H9N3O2S. The minimum atomic E-state index is -0.379. The van der Waals surface area contributed by atoms with Gasteiger partial charge in [0, 0.05) is 6.20 Å². The number of nitrogens with zero attached hydrogens (tertiary/aromatic N) is 3. The lowest BCUT2D eigenvalue weighted by Gasteiger charge is -2.00. The summed E-state index contributed by atoms with van der Waals surface area (Å²) < 4.78 is 6.34. The van der Waals surface area contributed by atoms with Crippen LogP contribution in [0, 0.1) is 0 Å². The Labute approximate surface area is 91.5 Å². The first-order valence-corrected chi connectivity index (χ1v) is 4.92. The summed E-state index contributed by atoms with van der Waals surface area (Å²) >= 11 is 4.12. The number of carbonyl (C=O) groups is 1. The number of pyridine rings is 1. The Morgan fingerprint density at radius 3 is 3.00 bits per heavy atom. The fourth-order valence-electron chi connectivity index (χ4n) is 1.28. The fourth-order valence-corrected chi connectivity index (χ4v) is 1.50. The average molecular weight is 223 g/mol. The molecule has 0 aliphatic carbocycles. The van der Waals surface area contributed by atoms with Crippen molar-refractivity contribution in [2.75, 3.05) is 7.11 Å². The number of aromatic nitrogens is 3. The van der Waals surface area contributed by atoms with Crippen molar-refractivity contribution in [2.24, 2.45) is 0 Å². The number of methoxy groups -OCH3 is 1. The number of thiol groups is 1. The number of ether oxygens (including phenoxy) is 1. The van der Waals surface area contributed by atoms with Gasteiger partial charge in [0.25, 0.3) is 0 Å². The standard InChI is InChI=1S/C9H9N3O2S/c1-14-9(13)6-2-3-7-10-11-8(5-15)12(7)4-6/h2-4,15H,5H2,1H3. The summed E-state index contributed by atoms with van der Waals surface area (Å²) in [4.78, 5) is 11.3. The molecule has 78 valence electrons. The lowest BCUT2D eigenvalue weighted by Crippen LogP contribution is -2.03. The van der Waals surface area contributed by atoms with Crippen LogP contribution in [0.2, 0.25) is 0 Å². The molecule has 2 aromatic rings. The maximum Gasteiger partial charge on any atom is 0.339 e. The van der Waals surface area contributed by atoms with Crippen LogP contribution in [0.4, 0.5) is 0 Å². The van der Waals surface area contributed by atoms with E-state index in [1.807, 2.05) is 0 Å². The van der Waals surface area contributed by atoms with Gasteiger partial charge in [0.1, 0.15) is 5.82 Å². The molecule has 6 heteroatoms. The highest BCUT2D eigenvalue weighted by atomic mass is 32.1. The molecule has 0 fully saturated rings. The van der Waals surface area contributed by atoms with Crippen LogP contribution in [0.15, 0.2) is 18.3 Å². The van der Waals surface area contributed by atoms with Gasteiger partial charge in [0.05, 0.1) is 18.4 Å². The zero-order valence-corrected chi connectivity index (χ0v) is 8.94. The van der Waals surface area contributed by atoms with Crippen molar-refractivity contribution in [3.05, 3.63) is 29.7 Å². The van der Waals surface area contributed by atoms with Gasteiger partial charge in [0.15, 0.2) is 5.65 Å². The molecule has 15 heavy (non-hydrogen) atoms. The molecule has 0 aliphatic heterocycles. The monoisotopic (exact) mass is 223 g/mol. The summed E-state index contributed by atoms with van der Waals surface area (Å²) in [6.45, 7) is 0. The lowest BCUT2D eigenvalue weighted by molar-refractivity contribution is 0.0600. The molecule has 0 saturated carbocycles. The summed E-state index contributed by atoms with van der Waals surface area (Å²) in [6, 6.07) is 3.37. The quantitative estimate of drug-likeness (QED) is 0.608. The predicted octanol–water partition coefficient (Wildman–Crippen LogP) is 0.946. The van der Waals surface area contributed by atoms with E-state index in [4.69, 9.17) is 0 Å². The van der Waals surface area contributed by atoms with Crippen molar-refractivity contribution in [1.29, 1.82) is 0 Å². The summed E-state index contributed by atoms with van der Waals surface area (Å²) in [7, 11) is 1.35. The maximum atomic E-state index is 11.3. The van der Waals surface area contributed by atoms with E-state index in [1.54, 1.807) is 22.7 Å². The highest BCUT2D eigenvalue weighted by Gasteiger charge is 2.09. The molecule has 0 bridgehead atoms. The highest BCUT2D eigenvalue weighted by Crippen LogP contribution is 2.09. The Morgan fingerprint density at radius 2 is 2.33 bits per heavy atom. The summed E-state index contributed by atoms with van der Waals surface area (Å²) in [5, 5.41) is 7.85. The minimum absolute atomic E-state index is 0.379. The smallest absolute Gasteiger partial charge is 0.339 e. The SMILES string of the molecule is COC(=O)c1ccc2nnc(CS)n2c1. The Hall–Kier alpha value is -1.56. The van der Waals surface area contributed by atoms with Crippen LogP contribution in [-0.2, 0) is 10.5 Å². The van der Waals surface area contributed by atoms with Gasteiger partial charge in [0.2, 0.25) is 0 Å². The van der Waals surface area contributed by atoms with Gasteiger partial charge >= 0.3 is 5.97 Å². The third-order valence-electron chi connectivity index (χ3n) is 2.04. The zero-order valence-electron chi connectivity index (χ0n) is 8.04. The molecule has 0 atom stereocenters. The lowest BCUT2D eigenvalue weighted by atomic mass is 10.3. The topological polar surface area (TPSA) is 56.5 Å². The molecule has 0 saturated heterocycles. The largest absolute Gasteiger partial charge is 0.465 e. The maximum absolute atomic E-state index is 11.3. The van der Waals surface area contributed by atoms with Crippen LogP contribution < -0.4 is 0 Å². The third kappa shape index (κ3) is 1.68. The molecule has 2 aromatic heterocycles. The Morgan fingerprint density at radius 1 is 1.53 bits per heavy atom. The molecule has 2 heterocycles. The van der Waals surface area contributed by atoms with Crippen LogP contribution in [-0.4, -0.2) is 27.7 Å². The number of hydrogen-bond donors (Lipinski definition) is 1. The van der Waals surface area contributed by atoms with E-state index in [-0.39, 0.29) is 5.97 Å². The van der Waals surface area contributed by atoms with Gasteiger partial charge in [-0.05, 0) is 12.1 Å². The van der Waals surface area contributed by atoms with Gasteiger partial charge in [-0.15, -0.1) is 10.2 Å². The van der Waals surface area contributed by atoms with Gasteiger partial charge in [-0.3, -0.25) is 4.40 Å². The molecular weight excluding hydrogens is 214 g/mol. The van der Waals surface area contributed by atoms with Crippen LogP contribution in [0.25, 0.3) is 5.65 Å². The van der Waals surface area contributed by atoms with Crippen molar-refractivity contribution in [2.45, 2.75) is 5.75 Å². The van der Waals surface area contributed by atoms with Gasteiger partial charge in [-0.25, -0.2) is 4.79 Å². The van der Waals surface area contributed by atoms with Crippen LogP contribution in [0.3, 0.4) is 0 Å². The summed E-state index contributed by atoms with van der Waals surface area (Å²) in [6.07, 6.45) is 1.65. The van der Waals surface area contributed by atoms with Crippen molar-refractivity contribution in [1.82, 2.24) is 14.6 Å².